The van der Waals surface area contributed by atoms with Gasteiger partial charge in [0.2, 0.25) is 5.91 Å². The van der Waals surface area contributed by atoms with E-state index >= 15 is 0 Å². The van der Waals surface area contributed by atoms with E-state index in [4.69, 9.17) is 28.3 Å². The third-order valence-electron chi connectivity index (χ3n) is 3.92. The fourth-order valence-electron chi connectivity index (χ4n) is 2.65. The quantitative estimate of drug-likeness (QED) is 0.503. The molecule has 0 aliphatic rings. The summed E-state index contributed by atoms with van der Waals surface area (Å²) in [6.07, 6.45) is -1.21. The van der Waals surface area contributed by atoms with Gasteiger partial charge < -0.3 is 20.7 Å². The summed E-state index contributed by atoms with van der Waals surface area (Å²) in [5.41, 5.74) is 2.25. The van der Waals surface area contributed by atoms with Crippen molar-refractivity contribution >= 4 is 46.2 Å². The molecule has 1 heterocycles. The number of aromatic amines is 1. The fourth-order valence-corrected chi connectivity index (χ4v) is 3.13. The first-order valence-corrected chi connectivity index (χ1v) is 8.82. The summed E-state index contributed by atoms with van der Waals surface area (Å²) in [6.45, 7) is 0.139. The summed E-state index contributed by atoms with van der Waals surface area (Å²) in [6, 6.07) is 11.3. The van der Waals surface area contributed by atoms with E-state index in [2.05, 4.69) is 20.6 Å². The smallest absolute Gasteiger partial charge is 0.405 e. The first kappa shape index (κ1) is 19.0. The molecule has 3 rings (SSSR count). The number of H-pyrrole nitrogens is 1. The molecule has 2 amide bonds. The molecule has 1 aromatic heterocycles. The molecule has 0 bridgehead atoms. The molecule has 0 aliphatic heterocycles. The maximum atomic E-state index is 12.5. The van der Waals surface area contributed by atoms with Crippen LogP contribution in [0.3, 0.4) is 0 Å². The number of hydrogen-bond acceptors (Lipinski definition) is 3. The number of nitrogens with zero attached hydrogens (tertiary/aromatic N) is 1. The summed E-state index contributed by atoms with van der Waals surface area (Å²) < 4.78 is 0. The Bertz CT molecular complexity index is 957. The lowest BCUT2D eigenvalue weighted by atomic mass is 10.1. The van der Waals surface area contributed by atoms with Gasteiger partial charge in [0.15, 0.2) is 0 Å². The van der Waals surface area contributed by atoms with Crippen LogP contribution in [0.2, 0.25) is 10.0 Å². The largest absolute Gasteiger partial charge is 0.465 e. The predicted molar refractivity (Wildman–Crippen MR) is 103 cm³/mol. The molecule has 0 fully saturated rings. The van der Waals surface area contributed by atoms with Crippen LogP contribution < -0.4 is 10.6 Å². The van der Waals surface area contributed by atoms with Crippen molar-refractivity contribution < 1.29 is 14.7 Å². The zero-order valence-corrected chi connectivity index (χ0v) is 15.5. The summed E-state index contributed by atoms with van der Waals surface area (Å²) >= 11 is 12.0. The maximum absolute atomic E-state index is 12.5. The van der Waals surface area contributed by atoms with Crippen molar-refractivity contribution in [2.24, 2.45) is 0 Å². The normalized spacial score (nSPS) is 11.9. The van der Waals surface area contributed by atoms with Gasteiger partial charge in [-0.1, -0.05) is 41.4 Å². The molecule has 0 radical (unpaired) electrons. The average Bonchev–Trinajstić information content (AvgIpc) is 3.04. The van der Waals surface area contributed by atoms with Crippen molar-refractivity contribution in [1.82, 2.24) is 20.6 Å². The van der Waals surface area contributed by atoms with E-state index in [-0.39, 0.29) is 13.0 Å². The van der Waals surface area contributed by atoms with Crippen LogP contribution in [0.1, 0.15) is 11.4 Å². The van der Waals surface area contributed by atoms with Crippen molar-refractivity contribution in [3.63, 3.8) is 0 Å². The Labute approximate surface area is 164 Å². The van der Waals surface area contributed by atoms with Crippen molar-refractivity contribution in [2.45, 2.75) is 19.0 Å². The third kappa shape index (κ3) is 4.90. The molecular formula is C18H16Cl2N4O3. The van der Waals surface area contributed by atoms with Gasteiger partial charge in [0, 0.05) is 16.5 Å². The molecule has 0 aliphatic carbocycles. The molecule has 27 heavy (non-hydrogen) atoms. The van der Waals surface area contributed by atoms with Gasteiger partial charge in [-0.25, -0.2) is 9.78 Å². The van der Waals surface area contributed by atoms with Crippen molar-refractivity contribution in [3.8, 4) is 0 Å². The van der Waals surface area contributed by atoms with E-state index in [1.165, 1.54) is 0 Å². The number of fused-ring (bicyclic) bond motifs is 1. The van der Waals surface area contributed by atoms with Gasteiger partial charge in [-0.05, 0) is 29.8 Å². The Kier molecular flexibility index (Phi) is 5.83. The monoisotopic (exact) mass is 406 g/mol. The van der Waals surface area contributed by atoms with Crippen LogP contribution in [0.4, 0.5) is 4.79 Å². The molecule has 9 heteroatoms. The molecule has 7 nitrogen and oxygen atoms in total. The number of aromatic nitrogens is 2. The molecule has 0 unspecified atom stereocenters. The second kappa shape index (κ2) is 8.28. The summed E-state index contributed by atoms with van der Waals surface area (Å²) in [7, 11) is 0. The van der Waals surface area contributed by atoms with Crippen molar-refractivity contribution in [2.75, 3.05) is 0 Å². The van der Waals surface area contributed by atoms with E-state index < -0.39 is 18.0 Å². The summed E-state index contributed by atoms with van der Waals surface area (Å²) in [5.74, 6) is 0.0898. The number of nitrogens with one attached hydrogen (secondary N) is 3. The number of carbonyl (C=O) groups excluding carboxylic acids is 1. The highest BCUT2D eigenvalue weighted by molar-refractivity contribution is 6.35. The molecule has 0 spiro atoms. The van der Waals surface area contributed by atoms with Gasteiger partial charge in [-0.3, -0.25) is 4.79 Å². The van der Waals surface area contributed by atoms with Crippen LogP contribution in [-0.4, -0.2) is 33.1 Å². The molecule has 4 N–H and O–H groups in total. The lowest BCUT2D eigenvalue weighted by Gasteiger charge is -2.17. The minimum atomic E-state index is -1.30. The number of halogens is 2. The second-order valence-electron chi connectivity index (χ2n) is 5.86. The Morgan fingerprint density at radius 1 is 1.19 bits per heavy atom. The SMILES string of the molecule is O=C(O)N[C@@H](Cc1ccc(Cl)cc1Cl)C(=O)NCc1nc2ccccc2[nH]1. The lowest BCUT2D eigenvalue weighted by molar-refractivity contribution is -0.123. The number of rotatable bonds is 6. The van der Waals surface area contributed by atoms with Gasteiger partial charge in [-0.2, -0.15) is 0 Å². The summed E-state index contributed by atoms with van der Waals surface area (Å²) in [4.78, 5) is 31.0. The lowest BCUT2D eigenvalue weighted by Crippen LogP contribution is -2.47. The summed E-state index contributed by atoms with van der Waals surface area (Å²) in [5, 5.41) is 14.8. The number of hydrogen-bond donors (Lipinski definition) is 4. The molecule has 0 saturated heterocycles. The van der Waals surface area contributed by atoms with Crippen LogP contribution in [0.5, 0.6) is 0 Å². The zero-order chi connectivity index (χ0) is 19.4. The highest BCUT2D eigenvalue weighted by Crippen LogP contribution is 2.22. The second-order valence-corrected chi connectivity index (χ2v) is 6.70. The first-order chi connectivity index (χ1) is 12.9. The van der Waals surface area contributed by atoms with E-state index in [1.807, 2.05) is 24.3 Å². The van der Waals surface area contributed by atoms with Gasteiger partial charge in [0.05, 0.1) is 17.6 Å². The molecule has 0 saturated carbocycles. The Morgan fingerprint density at radius 3 is 2.67 bits per heavy atom. The standard InChI is InChI=1S/C18H16Cl2N4O3/c19-11-6-5-10(12(20)8-11)7-15(24-18(26)27)17(25)21-9-16-22-13-3-1-2-4-14(13)23-16/h1-6,8,15,24H,7,9H2,(H,21,25)(H,22,23)(H,26,27)/t15-/m0/s1. The van der Waals surface area contributed by atoms with Crippen LogP contribution in [0, 0.1) is 0 Å². The minimum Gasteiger partial charge on any atom is -0.465 e. The van der Waals surface area contributed by atoms with E-state index in [1.54, 1.807) is 18.2 Å². The Balaban J connectivity index is 1.69. The van der Waals surface area contributed by atoms with Crippen LogP contribution in [0.15, 0.2) is 42.5 Å². The van der Waals surface area contributed by atoms with E-state index in [0.717, 1.165) is 11.0 Å². The van der Waals surface area contributed by atoms with Crippen molar-refractivity contribution in [1.29, 1.82) is 0 Å². The van der Waals surface area contributed by atoms with Gasteiger partial charge in [0.1, 0.15) is 11.9 Å². The molecule has 140 valence electrons. The first-order valence-electron chi connectivity index (χ1n) is 8.07. The maximum Gasteiger partial charge on any atom is 0.405 e. The number of carbonyl (C=O) groups is 2. The molecule has 1 atom stereocenters. The zero-order valence-electron chi connectivity index (χ0n) is 14.0. The van der Waals surface area contributed by atoms with Crippen LogP contribution in [-0.2, 0) is 17.8 Å². The van der Waals surface area contributed by atoms with Crippen molar-refractivity contribution in [3.05, 3.63) is 63.9 Å². The molecule has 3 aromatic rings. The molecule has 2 aromatic carbocycles. The Hall–Kier alpha value is -2.77. The number of imidazole rings is 1. The highest BCUT2D eigenvalue weighted by atomic mass is 35.5. The minimum absolute atomic E-state index is 0.0915. The molecular weight excluding hydrogens is 391 g/mol. The van der Waals surface area contributed by atoms with Gasteiger partial charge >= 0.3 is 6.09 Å². The Morgan fingerprint density at radius 2 is 1.96 bits per heavy atom. The number of carboxylic acid groups (broad SMARTS) is 1. The topological polar surface area (TPSA) is 107 Å². The number of benzene rings is 2. The number of para-hydroxylation sites is 2. The average molecular weight is 407 g/mol. The van der Waals surface area contributed by atoms with Gasteiger partial charge in [0.25, 0.3) is 0 Å². The predicted octanol–water partition coefficient (Wildman–Crippen LogP) is 3.36. The third-order valence-corrected chi connectivity index (χ3v) is 4.51. The fraction of sp³-hybridized carbons (Fsp3) is 0.167. The van der Waals surface area contributed by atoms with E-state index in [0.29, 0.717) is 21.4 Å². The van der Waals surface area contributed by atoms with Gasteiger partial charge in [-0.15, -0.1) is 0 Å². The van der Waals surface area contributed by atoms with Crippen LogP contribution >= 0.6 is 23.2 Å². The number of amides is 2. The van der Waals surface area contributed by atoms with Crippen LogP contribution in [0.25, 0.3) is 11.0 Å². The highest BCUT2D eigenvalue weighted by Gasteiger charge is 2.22. The van der Waals surface area contributed by atoms with E-state index in [9.17, 15) is 9.59 Å².